The zero-order chi connectivity index (χ0) is 16.4. The fraction of sp³-hybridized carbons (Fsp3) is 0.143. The number of hydrogen-bond donors (Lipinski definition) is 3. The third-order valence-electron chi connectivity index (χ3n) is 2.27. The summed E-state index contributed by atoms with van der Waals surface area (Å²) in [7, 11) is 0. The van der Waals surface area contributed by atoms with Crippen molar-refractivity contribution in [2.24, 2.45) is 10.8 Å². The Morgan fingerprint density at radius 1 is 1.27 bits per heavy atom. The standard InChI is InChI=1S/C14H16N4O4/c1-2-7-16-13(20)14(21)18-17-8-10-5-3-4-6-11(10)22-9-12(15)19/h2-6,8H,1,7,9H2,(H2,15,19)(H,16,20)(H,18,21)/b17-8-. The van der Waals surface area contributed by atoms with Crippen LogP contribution in [0.5, 0.6) is 5.75 Å². The monoisotopic (exact) mass is 304 g/mol. The van der Waals surface area contributed by atoms with E-state index < -0.39 is 17.7 Å². The lowest BCUT2D eigenvalue weighted by Crippen LogP contribution is -2.37. The summed E-state index contributed by atoms with van der Waals surface area (Å²) in [6, 6.07) is 6.69. The van der Waals surface area contributed by atoms with Crippen molar-refractivity contribution in [1.82, 2.24) is 10.7 Å². The molecule has 0 spiro atoms. The Morgan fingerprint density at radius 3 is 2.68 bits per heavy atom. The van der Waals surface area contributed by atoms with Gasteiger partial charge >= 0.3 is 11.8 Å². The number of primary amides is 1. The van der Waals surface area contributed by atoms with E-state index in [-0.39, 0.29) is 13.2 Å². The summed E-state index contributed by atoms with van der Waals surface area (Å²) >= 11 is 0. The average Bonchev–Trinajstić information content (AvgIpc) is 2.51. The van der Waals surface area contributed by atoms with Crippen LogP contribution in [-0.4, -0.2) is 37.1 Å². The van der Waals surface area contributed by atoms with Crippen molar-refractivity contribution in [2.75, 3.05) is 13.2 Å². The molecule has 1 aromatic rings. The molecule has 0 fully saturated rings. The number of hydrogen-bond acceptors (Lipinski definition) is 5. The molecule has 116 valence electrons. The summed E-state index contributed by atoms with van der Waals surface area (Å²) in [6.07, 6.45) is 2.73. The van der Waals surface area contributed by atoms with E-state index in [4.69, 9.17) is 10.5 Å². The number of nitrogens with two attached hydrogens (primary N) is 1. The summed E-state index contributed by atoms with van der Waals surface area (Å²) in [5.74, 6) is -1.97. The maximum absolute atomic E-state index is 11.4. The Morgan fingerprint density at radius 2 is 2.00 bits per heavy atom. The molecule has 0 aliphatic heterocycles. The molecular weight excluding hydrogens is 288 g/mol. The average molecular weight is 304 g/mol. The molecule has 0 heterocycles. The minimum atomic E-state index is -0.909. The summed E-state index contributed by atoms with van der Waals surface area (Å²) in [5.41, 5.74) is 7.58. The van der Waals surface area contributed by atoms with Gasteiger partial charge in [-0.15, -0.1) is 6.58 Å². The molecule has 0 bridgehead atoms. The highest BCUT2D eigenvalue weighted by atomic mass is 16.5. The quantitative estimate of drug-likeness (QED) is 0.267. The van der Waals surface area contributed by atoms with E-state index in [1.165, 1.54) is 12.3 Å². The smallest absolute Gasteiger partial charge is 0.329 e. The zero-order valence-corrected chi connectivity index (χ0v) is 11.7. The van der Waals surface area contributed by atoms with Crippen molar-refractivity contribution >= 4 is 23.9 Å². The fourth-order valence-corrected chi connectivity index (χ4v) is 1.32. The molecule has 0 aliphatic carbocycles. The lowest BCUT2D eigenvalue weighted by atomic mass is 10.2. The molecule has 4 N–H and O–H groups in total. The molecule has 8 nitrogen and oxygen atoms in total. The van der Waals surface area contributed by atoms with E-state index in [0.717, 1.165) is 0 Å². The van der Waals surface area contributed by atoms with Crippen LogP contribution in [0.15, 0.2) is 42.0 Å². The number of ether oxygens (including phenoxy) is 1. The van der Waals surface area contributed by atoms with Gasteiger partial charge in [0, 0.05) is 12.1 Å². The van der Waals surface area contributed by atoms with Crippen LogP contribution >= 0.6 is 0 Å². The van der Waals surface area contributed by atoms with Gasteiger partial charge in [-0.2, -0.15) is 5.10 Å². The molecule has 0 radical (unpaired) electrons. The van der Waals surface area contributed by atoms with Gasteiger partial charge < -0.3 is 15.8 Å². The van der Waals surface area contributed by atoms with Gasteiger partial charge in [0.1, 0.15) is 5.75 Å². The lowest BCUT2D eigenvalue weighted by molar-refractivity contribution is -0.139. The molecule has 1 rings (SSSR count). The van der Waals surface area contributed by atoms with Gasteiger partial charge in [0.15, 0.2) is 6.61 Å². The largest absolute Gasteiger partial charge is 0.483 e. The first kappa shape index (κ1) is 16.9. The number of carbonyl (C=O) groups is 3. The molecule has 22 heavy (non-hydrogen) atoms. The first-order chi connectivity index (χ1) is 10.5. The van der Waals surface area contributed by atoms with Crippen molar-refractivity contribution < 1.29 is 19.1 Å². The van der Waals surface area contributed by atoms with Crippen molar-refractivity contribution in [1.29, 1.82) is 0 Å². The topological polar surface area (TPSA) is 123 Å². The lowest BCUT2D eigenvalue weighted by Gasteiger charge is -2.06. The highest BCUT2D eigenvalue weighted by Crippen LogP contribution is 2.15. The highest BCUT2D eigenvalue weighted by molar-refractivity contribution is 6.35. The maximum atomic E-state index is 11.4. The number of carbonyl (C=O) groups excluding carboxylic acids is 3. The Balaban J connectivity index is 2.62. The molecule has 3 amide bonds. The van der Waals surface area contributed by atoms with Crippen LogP contribution in [-0.2, 0) is 14.4 Å². The minimum Gasteiger partial charge on any atom is -0.483 e. The first-order valence-corrected chi connectivity index (χ1v) is 6.27. The molecule has 0 aromatic heterocycles. The Labute approximate surface area is 127 Å². The summed E-state index contributed by atoms with van der Waals surface area (Å²) < 4.78 is 5.19. The first-order valence-electron chi connectivity index (χ1n) is 6.27. The van der Waals surface area contributed by atoms with Gasteiger partial charge in [-0.05, 0) is 12.1 Å². The van der Waals surface area contributed by atoms with Crippen molar-refractivity contribution in [3.63, 3.8) is 0 Å². The normalized spacial score (nSPS) is 10.0. The number of benzene rings is 1. The number of hydrazone groups is 1. The van der Waals surface area contributed by atoms with Crippen molar-refractivity contribution in [2.45, 2.75) is 0 Å². The van der Waals surface area contributed by atoms with Crippen molar-refractivity contribution in [3.05, 3.63) is 42.5 Å². The zero-order valence-electron chi connectivity index (χ0n) is 11.7. The second-order valence-corrected chi connectivity index (χ2v) is 3.99. The van der Waals surface area contributed by atoms with E-state index in [1.54, 1.807) is 24.3 Å². The summed E-state index contributed by atoms with van der Waals surface area (Å²) in [6.45, 7) is 3.31. The van der Waals surface area contributed by atoms with Crippen LogP contribution < -0.4 is 21.2 Å². The molecule has 0 aliphatic rings. The van der Waals surface area contributed by atoms with E-state index in [1.807, 2.05) is 0 Å². The van der Waals surface area contributed by atoms with Gasteiger partial charge in [-0.1, -0.05) is 18.2 Å². The van der Waals surface area contributed by atoms with Gasteiger partial charge in [-0.25, -0.2) is 5.43 Å². The molecule has 0 atom stereocenters. The third-order valence-corrected chi connectivity index (χ3v) is 2.27. The maximum Gasteiger partial charge on any atom is 0.329 e. The minimum absolute atomic E-state index is 0.180. The second-order valence-electron chi connectivity index (χ2n) is 3.99. The van der Waals surface area contributed by atoms with Crippen LogP contribution in [0, 0.1) is 0 Å². The predicted molar refractivity (Wildman–Crippen MR) is 80.1 cm³/mol. The molecule has 1 aromatic carbocycles. The number of nitrogens with one attached hydrogen (secondary N) is 2. The van der Waals surface area contributed by atoms with E-state index in [0.29, 0.717) is 11.3 Å². The number of amides is 3. The molecule has 0 saturated carbocycles. The summed E-state index contributed by atoms with van der Waals surface area (Å²) in [4.78, 5) is 33.3. The Bertz CT molecular complexity index is 598. The Hall–Kier alpha value is -3.16. The van der Waals surface area contributed by atoms with Gasteiger partial charge in [0.2, 0.25) is 0 Å². The number of nitrogens with zero attached hydrogens (tertiary/aromatic N) is 1. The van der Waals surface area contributed by atoms with Gasteiger partial charge in [0.05, 0.1) is 6.21 Å². The highest BCUT2D eigenvalue weighted by Gasteiger charge is 2.10. The number of rotatable bonds is 7. The van der Waals surface area contributed by atoms with Crippen LogP contribution in [0.25, 0.3) is 0 Å². The second kappa shape index (κ2) is 8.90. The third kappa shape index (κ3) is 5.87. The molecule has 0 saturated heterocycles. The molecular formula is C14H16N4O4. The van der Waals surface area contributed by atoms with Crippen LogP contribution in [0.4, 0.5) is 0 Å². The van der Waals surface area contributed by atoms with Crippen LogP contribution in [0.1, 0.15) is 5.56 Å². The Kier molecular flexibility index (Phi) is 6.84. The van der Waals surface area contributed by atoms with Crippen LogP contribution in [0.3, 0.4) is 0 Å². The van der Waals surface area contributed by atoms with E-state index in [9.17, 15) is 14.4 Å². The molecule has 0 unspecified atom stereocenters. The van der Waals surface area contributed by atoms with Crippen LogP contribution in [0.2, 0.25) is 0 Å². The molecule has 8 heteroatoms. The van der Waals surface area contributed by atoms with Gasteiger partial charge in [-0.3, -0.25) is 14.4 Å². The SMILES string of the molecule is C=CCNC(=O)C(=O)N/N=C\c1ccccc1OCC(N)=O. The van der Waals surface area contributed by atoms with E-state index in [2.05, 4.69) is 22.4 Å². The van der Waals surface area contributed by atoms with E-state index >= 15 is 0 Å². The predicted octanol–water partition coefficient (Wildman–Crippen LogP) is -0.697. The van der Waals surface area contributed by atoms with Crippen molar-refractivity contribution in [3.8, 4) is 5.75 Å². The van der Waals surface area contributed by atoms with Gasteiger partial charge in [0.25, 0.3) is 5.91 Å². The fourth-order valence-electron chi connectivity index (χ4n) is 1.32. The summed E-state index contributed by atoms with van der Waals surface area (Å²) in [5, 5.41) is 5.96. The number of para-hydroxylation sites is 1.